The average molecular weight is 210 g/mol. The fourth-order valence-corrected chi connectivity index (χ4v) is 3.27. The van der Waals surface area contributed by atoms with Gasteiger partial charge in [-0.25, -0.2) is 0 Å². The van der Waals surface area contributed by atoms with Crippen molar-refractivity contribution in [2.24, 2.45) is 11.7 Å². The molecule has 2 heteroatoms. The summed E-state index contributed by atoms with van der Waals surface area (Å²) >= 11 is 0. The van der Waals surface area contributed by atoms with Crippen molar-refractivity contribution in [3.8, 4) is 0 Å². The van der Waals surface area contributed by atoms with Crippen molar-refractivity contribution in [2.45, 2.75) is 57.4 Å². The van der Waals surface area contributed by atoms with Gasteiger partial charge >= 0.3 is 0 Å². The molecule has 88 valence electrons. The minimum atomic E-state index is 0.695. The summed E-state index contributed by atoms with van der Waals surface area (Å²) in [6.07, 6.45) is 11.5. The van der Waals surface area contributed by atoms with Crippen LogP contribution in [0.2, 0.25) is 0 Å². The SMILES string of the molecule is NC[C@H]1CCCCN1CCC1CCCC1. The molecule has 1 atom stereocenters. The zero-order valence-electron chi connectivity index (χ0n) is 9.96. The quantitative estimate of drug-likeness (QED) is 0.772. The molecule has 2 fully saturated rings. The Bertz CT molecular complexity index is 175. The molecule has 1 saturated heterocycles. The van der Waals surface area contributed by atoms with E-state index in [4.69, 9.17) is 5.73 Å². The highest BCUT2D eigenvalue weighted by molar-refractivity contribution is 4.79. The number of hydrogen-bond acceptors (Lipinski definition) is 2. The van der Waals surface area contributed by atoms with Crippen LogP contribution >= 0.6 is 0 Å². The summed E-state index contributed by atoms with van der Waals surface area (Å²) in [7, 11) is 0. The van der Waals surface area contributed by atoms with E-state index in [1.165, 1.54) is 64.5 Å². The van der Waals surface area contributed by atoms with Gasteiger partial charge in [0.1, 0.15) is 0 Å². The van der Waals surface area contributed by atoms with Crippen LogP contribution in [0.4, 0.5) is 0 Å². The van der Waals surface area contributed by atoms with Crippen LogP contribution in [0, 0.1) is 5.92 Å². The average Bonchev–Trinajstić information content (AvgIpc) is 2.79. The Labute approximate surface area is 94.2 Å². The molecule has 2 rings (SSSR count). The molecule has 0 aromatic heterocycles. The second kappa shape index (κ2) is 5.86. The molecule has 0 radical (unpaired) electrons. The van der Waals surface area contributed by atoms with Crippen LogP contribution in [0.15, 0.2) is 0 Å². The van der Waals surface area contributed by atoms with Crippen molar-refractivity contribution in [3.05, 3.63) is 0 Å². The van der Waals surface area contributed by atoms with Crippen molar-refractivity contribution < 1.29 is 0 Å². The normalized spacial score (nSPS) is 29.8. The van der Waals surface area contributed by atoms with Gasteiger partial charge in [-0.3, -0.25) is 4.90 Å². The number of nitrogens with zero attached hydrogens (tertiary/aromatic N) is 1. The highest BCUT2D eigenvalue weighted by Crippen LogP contribution is 2.28. The van der Waals surface area contributed by atoms with Crippen LogP contribution in [-0.4, -0.2) is 30.6 Å². The van der Waals surface area contributed by atoms with Gasteiger partial charge in [-0.05, 0) is 38.3 Å². The van der Waals surface area contributed by atoms with E-state index in [2.05, 4.69) is 4.90 Å². The maximum absolute atomic E-state index is 5.84. The standard InChI is InChI=1S/C13H26N2/c14-11-13-7-3-4-9-15(13)10-8-12-5-1-2-6-12/h12-13H,1-11,14H2/t13-/m1/s1. The maximum atomic E-state index is 5.84. The van der Waals surface area contributed by atoms with E-state index in [1.807, 2.05) is 0 Å². The van der Waals surface area contributed by atoms with Gasteiger partial charge < -0.3 is 5.73 Å². The molecule has 2 nitrogen and oxygen atoms in total. The summed E-state index contributed by atoms with van der Waals surface area (Å²) in [5.41, 5.74) is 5.84. The monoisotopic (exact) mass is 210 g/mol. The molecule has 1 aliphatic carbocycles. The Morgan fingerprint density at radius 3 is 2.47 bits per heavy atom. The molecule has 1 aliphatic heterocycles. The molecular weight excluding hydrogens is 184 g/mol. The Hall–Kier alpha value is -0.0800. The first-order valence-electron chi connectivity index (χ1n) is 6.84. The van der Waals surface area contributed by atoms with Crippen LogP contribution in [0.1, 0.15) is 51.4 Å². The fraction of sp³-hybridized carbons (Fsp3) is 1.00. The first-order valence-corrected chi connectivity index (χ1v) is 6.84. The molecule has 0 bridgehead atoms. The lowest BCUT2D eigenvalue weighted by Crippen LogP contribution is -2.44. The second-order valence-electron chi connectivity index (χ2n) is 5.36. The Morgan fingerprint density at radius 1 is 1.00 bits per heavy atom. The van der Waals surface area contributed by atoms with E-state index in [0.29, 0.717) is 6.04 Å². The third-order valence-electron chi connectivity index (χ3n) is 4.32. The second-order valence-corrected chi connectivity index (χ2v) is 5.36. The molecule has 0 spiro atoms. The summed E-state index contributed by atoms with van der Waals surface area (Å²) in [5, 5.41) is 0. The number of piperidine rings is 1. The molecule has 0 aromatic rings. The summed E-state index contributed by atoms with van der Waals surface area (Å²) in [5.74, 6) is 1.03. The van der Waals surface area contributed by atoms with E-state index < -0.39 is 0 Å². The summed E-state index contributed by atoms with van der Waals surface area (Å²) in [6.45, 7) is 3.48. The minimum Gasteiger partial charge on any atom is -0.329 e. The Morgan fingerprint density at radius 2 is 1.73 bits per heavy atom. The van der Waals surface area contributed by atoms with Gasteiger partial charge in [-0.2, -0.15) is 0 Å². The number of likely N-dealkylation sites (tertiary alicyclic amines) is 1. The zero-order valence-corrected chi connectivity index (χ0v) is 9.96. The molecule has 2 aliphatic rings. The van der Waals surface area contributed by atoms with Crippen molar-refractivity contribution in [1.29, 1.82) is 0 Å². The molecule has 1 saturated carbocycles. The molecule has 2 N–H and O–H groups in total. The Kier molecular flexibility index (Phi) is 4.45. The van der Waals surface area contributed by atoms with E-state index in [0.717, 1.165) is 12.5 Å². The lowest BCUT2D eigenvalue weighted by atomic mass is 9.99. The van der Waals surface area contributed by atoms with Crippen molar-refractivity contribution in [2.75, 3.05) is 19.6 Å². The van der Waals surface area contributed by atoms with Crippen LogP contribution in [-0.2, 0) is 0 Å². The van der Waals surface area contributed by atoms with Gasteiger partial charge in [0.2, 0.25) is 0 Å². The maximum Gasteiger partial charge on any atom is 0.0218 e. The predicted molar refractivity (Wildman–Crippen MR) is 64.8 cm³/mol. The van der Waals surface area contributed by atoms with Crippen LogP contribution in [0.25, 0.3) is 0 Å². The largest absolute Gasteiger partial charge is 0.329 e. The molecule has 0 amide bonds. The summed E-state index contributed by atoms with van der Waals surface area (Å²) < 4.78 is 0. The van der Waals surface area contributed by atoms with Gasteiger partial charge in [0.15, 0.2) is 0 Å². The van der Waals surface area contributed by atoms with Gasteiger partial charge in [0.25, 0.3) is 0 Å². The third-order valence-corrected chi connectivity index (χ3v) is 4.32. The van der Waals surface area contributed by atoms with Gasteiger partial charge in [0, 0.05) is 12.6 Å². The van der Waals surface area contributed by atoms with Gasteiger partial charge in [-0.15, -0.1) is 0 Å². The molecular formula is C13H26N2. The topological polar surface area (TPSA) is 29.3 Å². The fourth-order valence-electron chi connectivity index (χ4n) is 3.27. The molecule has 0 unspecified atom stereocenters. The smallest absolute Gasteiger partial charge is 0.0218 e. The lowest BCUT2D eigenvalue weighted by Gasteiger charge is -2.35. The molecule has 1 heterocycles. The minimum absolute atomic E-state index is 0.695. The van der Waals surface area contributed by atoms with Gasteiger partial charge in [0.05, 0.1) is 0 Å². The number of hydrogen-bond donors (Lipinski definition) is 1. The van der Waals surface area contributed by atoms with E-state index in [9.17, 15) is 0 Å². The number of rotatable bonds is 4. The van der Waals surface area contributed by atoms with E-state index >= 15 is 0 Å². The molecule has 15 heavy (non-hydrogen) atoms. The highest BCUT2D eigenvalue weighted by atomic mass is 15.2. The van der Waals surface area contributed by atoms with Crippen LogP contribution in [0.3, 0.4) is 0 Å². The van der Waals surface area contributed by atoms with E-state index in [1.54, 1.807) is 0 Å². The summed E-state index contributed by atoms with van der Waals surface area (Å²) in [6, 6.07) is 0.695. The van der Waals surface area contributed by atoms with Crippen molar-refractivity contribution >= 4 is 0 Å². The predicted octanol–water partition coefficient (Wildman–Crippen LogP) is 2.38. The first kappa shape index (κ1) is 11.4. The summed E-state index contributed by atoms with van der Waals surface area (Å²) in [4.78, 5) is 2.65. The first-order chi connectivity index (χ1) is 7.40. The van der Waals surface area contributed by atoms with Crippen molar-refractivity contribution in [1.82, 2.24) is 4.90 Å². The highest BCUT2D eigenvalue weighted by Gasteiger charge is 2.22. The molecule has 0 aromatic carbocycles. The zero-order chi connectivity index (χ0) is 10.5. The van der Waals surface area contributed by atoms with Crippen molar-refractivity contribution in [3.63, 3.8) is 0 Å². The third kappa shape index (κ3) is 3.18. The Balaban J connectivity index is 1.71. The van der Waals surface area contributed by atoms with Gasteiger partial charge in [-0.1, -0.05) is 32.1 Å². The lowest BCUT2D eigenvalue weighted by molar-refractivity contribution is 0.143. The van der Waals surface area contributed by atoms with E-state index in [-0.39, 0.29) is 0 Å². The van der Waals surface area contributed by atoms with Crippen LogP contribution in [0.5, 0.6) is 0 Å². The number of nitrogens with two attached hydrogens (primary N) is 1. The van der Waals surface area contributed by atoms with Crippen LogP contribution < -0.4 is 5.73 Å².